The first-order valence-corrected chi connectivity index (χ1v) is 10.4. The van der Waals surface area contributed by atoms with Gasteiger partial charge in [0.05, 0.1) is 14.2 Å². The van der Waals surface area contributed by atoms with Crippen molar-refractivity contribution in [1.82, 2.24) is 0 Å². The molecule has 32 heavy (non-hydrogen) atoms. The van der Waals surface area contributed by atoms with Crippen molar-refractivity contribution in [2.75, 3.05) is 14.2 Å². The largest absolute Gasteiger partial charge is 0.468 e. The fourth-order valence-corrected chi connectivity index (χ4v) is 4.65. The zero-order valence-electron chi connectivity index (χ0n) is 18.4. The number of ether oxygens (including phenoxy) is 2. The monoisotopic (exact) mass is 427 g/mol. The van der Waals surface area contributed by atoms with E-state index in [0.717, 1.165) is 11.1 Å². The predicted octanol–water partition coefficient (Wildman–Crippen LogP) is 4.37. The molecule has 4 rings (SSSR count). The SMILES string of the molecule is COC(=O)C1(c2ccccc2)CC(c2ccc(C)cc2)=NC1(C(=O)OC)c1ccccc1. The number of aliphatic imine (C=N–C) groups is 1. The van der Waals surface area contributed by atoms with E-state index in [0.29, 0.717) is 16.8 Å². The fourth-order valence-electron chi connectivity index (χ4n) is 4.65. The Bertz CT molecular complexity index is 1160. The second-order valence-electron chi connectivity index (χ2n) is 7.93. The van der Waals surface area contributed by atoms with Crippen molar-refractivity contribution in [1.29, 1.82) is 0 Å². The van der Waals surface area contributed by atoms with Gasteiger partial charge in [0.25, 0.3) is 0 Å². The number of hydrogen-bond acceptors (Lipinski definition) is 5. The van der Waals surface area contributed by atoms with Crippen molar-refractivity contribution in [2.45, 2.75) is 24.3 Å². The molecule has 0 N–H and O–H groups in total. The van der Waals surface area contributed by atoms with Gasteiger partial charge in [-0.3, -0.25) is 9.79 Å². The lowest BCUT2D eigenvalue weighted by atomic mass is 9.61. The summed E-state index contributed by atoms with van der Waals surface area (Å²) < 4.78 is 10.7. The summed E-state index contributed by atoms with van der Waals surface area (Å²) in [5, 5.41) is 0. The third-order valence-corrected chi connectivity index (χ3v) is 6.21. The molecule has 5 nitrogen and oxygen atoms in total. The molecule has 0 amide bonds. The van der Waals surface area contributed by atoms with E-state index in [1.54, 1.807) is 12.1 Å². The Balaban J connectivity index is 2.10. The molecule has 0 radical (unpaired) electrons. The van der Waals surface area contributed by atoms with Crippen LogP contribution in [0.3, 0.4) is 0 Å². The van der Waals surface area contributed by atoms with Crippen molar-refractivity contribution in [3.8, 4) is 0 Å². The van der Waals surface area contributed by atoms with Gasteiger partial charge < -0.3 is 9.47 Å². The summed E-state index contributed by atoms with van der Waals surface area (Å²) in [7, 11) is 2.66. The second kappa shape index (κ2) is 8.42. The van der Waals surface area contributed by atoms with Gasteiger partial charge in [-0.1, -0.05) is 90.5 Å². The highest BCUT2D eigenvalue weighted by Gasteiger charge is 2.68. The van der Waals surface area contributed by atoms with Crippen LogP contribution in [0, 0.1) is 6.92 Å². The molecule has 0 fully saturated rings. The Hall–Kier alpha value is -3.73. The van der Waals surface area contributed by atoms with Crippen LogP contribution >= 0.6 is 0 Å². The highest BCUT2D eigenvalue weighted by Crippen LogP contribution is 2.54. The first-order chi connectivity index (χ1) is 15.5. The minimum Gasteiger partial charge on any atom is -0.468 e. The highest BCUT2D eigenvalue weighted by atomic mass is 16.5. The van der Waals surface area contributed by atoms with Gasteiger partial charge in [0.1, 0.15) is 5.41 Å². The van der Waals surface area contributed by atoms with Gasteiger partial charge in [0.2, 0.25) is 5.54 Å². The van der Waals surface area contributed by atoms with E-state index < -0.39 is 22.9 Å². The van der Waals surface area contributed by atoms with E-state index in [-0.39, 0.29) is 6.42 Å². The summed E-state index contributed by atoms with van der Waals surface area (Å²) in [5.74, 6) is -1.15. The predicted molar refractivity (Wildman–Crippen MR) is 123 cm³/mol. The van der Waals surface area contributed by atoms with Crippen LogP contribution in [0.1, 0.15) is 28.7 Å². The third kappa shape index (κ3) is 3.12. The molecule has 3 aromatic rings. The summed E-state index contributed by atoms with van der Waals surface area (Å²) in [4.78, 5) is 32.3. The van der Waals surface area contributed by atoms with Crippen LogP contribution in [0.2, 0.25) is 0 Å². The molecule has 1 aliphatic heterocycles. The topological polar surface area (TPSA) is 65.0 Å². The number of carbonyl (C=O) groups excluding carboxylic acids is 2. The van der Waals surface area contributed by atoms with E-state index in [2.05, 4.69) is 0 Å². The second-order valence-corrected chi connectivity index (χ2v) is 7.93. The number of carbonyl (C=O) groups is 2. The lowest BCUT2D eigenvalue weighted by Gasteiger charge is -2.40. The number of rotatable bonds is 5. The minimum absolute atomic E-state index is 0.191. The van der Waals surface area contributed by atoms with Crippen molar-refractivity contribution in [2.24, 2.45) is 4.99 Å². The van der Waals surface area contributed by atoms with Gasteiger partial charge >= 0.3 is 11.9 Å². The molecule has 162 valence electrons. The van der Waals surface area contributed by atoms with Crippen molar-refractivity contribution in [3.05, 3.63) is 107 Å². The van der Waals surface area contributed by atoms with E-state index in [1.807, 2.05) is 79.7 Å². The summed E-state index contributed by atoms with van der Waals surface area (Å²) in [6.45, 7) is 2.01. The Kier molecular flexibility index (Phi) is 5.66. The number of hydrogen-bond donors (Lipinski definition) is 0. The van der Waals surface area contributed by atoms with E-state index in [9.17, 15) is 9.59 Å². The molecule has 0 aromatic heterocycles. The smallest absolute Gasteiger partial charge is 0.340 e. The first-order valence-electron chi connectivity index (χ1n) is 10.4. The van der Waals surface area contributed by atoms with E-state index in [4.69, 9.17) is 14.5 Å². The molecule has 5 heteroatoms. The molecule has 3 aromatic carbocycles. The zero-order valence-corrected chi connectivity index (χ0v) is 18.4. The number of nitrogens with zero attached hydrogens (tertiary/aromatic N) is 1. The Morgan fingerprint density at radius 2 is 1.28 bits per heavy atom. The van der Waals surface area contributed by atoms with E-state index >= 15 is 0 Å². The molecular formula is C27H25NO4. The number of aryl methyl sites for hydroxylation is 1. The van der Waals surface area contributed by atoms with Gasteiger partial charge in [-0.2, -0.15) is 0 Å². The quantitative estimate of drug-likeness (QED) is 0.568. The van der Waals surface area contributed by atoms with Gasteiger partial charge in [0, 0.05) is 12.1 Å². The normalized spacial score (nSPS) is 22.2. The summed E-state index contributed by atoms with van der Waals surface area (Å²) in [6.07, 6.45) is 0.191. The number of benzene rings is 3. The maximum Gasteiger partial charge on any atom is 0.340 e. The Morgan fingerprint density at radius 1 is 0.750 bits per heavy atom. The summed E-state index contributed by atoms with van der Waals surface area (Å²) >= 11 is 0. The van der Waals surface area contributed by atoms with Crippen LogP contribution in [-0.4, -0.2) is 31.9 Å². The molecule has 0 bridgehead atoms. The molecule has 0 spiro atoms. The first kappa shape index (κ1) is 21.5. The third-order valence-electron chi connectivity index (χ3n) is 6.21. The van der Waals surface area contributed by atoms with Gasteiger partial charge in [-0.15, -0.1) is 0 Å². The lowest BCUT2D eigenvalue weighted by molar-refractivity contribution is -0.161. The summed E-state index contributed by atoms with van der Waals surface area (Å²) in [5.41, 5.74) is 0.747. The van der Waals surface area contributed by atoms with Crippen molar-refractivity contribution < 1.29 is 19.1 Å². The standard InChI is InChI=1S/C27H25NO4/c1-19-14-16-20(17-15-19)23-18-26(24(29)31-2,21-10-6-4-7-11-21)27(28-23,25(30)32-3)22-12-8-5-9-13-22/h4-17H,18H2,1-3H3. The highest BCUT2D eigenvalue weighted by molar-refractivity contribution is 6.12. The molecule has 2 unspecified atom stereocenters. The number of esters is 2. The molecular weight excluding hydrogens is 402 g/mol. The average Bonchev–Trinajstić information content (AvgIpc) is 3.23. The van der Waals surface area contributed by atoms with Crippen LogP contribution in [0.25, 0.3) is 0 Å². The maximum absolute atomic E-state index is 13.7. The van der Waals surface area contributed by atoms with Crippen LogP contribution in [0.15, 0.2) is 89.9 Å². The fraction of sp³-hybridized carbons (Fsp3) is 0.222. The van der Waals surface area contributed by atoms with Crippen molar-refractivity contribution in [3.63, 3.8) is 0 Å². The molecule has 1 aliphatic rings. The molecule has 0 saturated carbocycles. The van der Waals surface area contributed by atoms with Crippen LogP contribution in [-0.2, 0) is 30.0 Å². The zero-order chi connectivity index (χ0) is 22.8. The summed E-state index contributed by atoms with van der Waals surface area (Å²) in [6, 6.07) is 26.2. The maximum atomic E-state index is 13.7. The minimum atomic E-state index is -1.64. The van der Waals surface area contributed by atoms with Gasteiger partial charge in [0.15, 0.2) is 0 Å². The van der Waals surface area contributed by atoms with Gasteiger partial charge in [-0.05, 0) is 23.6 Å². The van der Waals surface area contributed by atoms with E-state index in [1.165, 1.54) is 14.2 Å². The lowest BCUT2D eigenvalue weighted by Crippen LogP contribution is -2.56. The molecule has 0 aliphatic carbocycles. The van der Waals surface area contributed by atoms with Crippen molar-refractivity contribution >= 4 is 17.7 Å². The molecule has 2 atom stereocenters. The van der Waals surface area contributed by atoms with Crippen LogP contribution < -0.4 is 0 Å². The number of methoxy groups -OCH3 is 2. The molecule has 0 saturated heterocycles. The Morgan fingerprint density at radius 3 is 1.81 bits per heavy atom. The Labute approximate surface area is 187 Å². The molecule has 1 heterocycles. The average molecular weight is 428 g/mol. The van der Waals surface area contributed by atoms with Crippen LogP contribution in [0.4, 0.5) is 0 Å². The van der Waals surface area contributed by atoms with Crippen LogP contribution in [0.5, 0.6) is 0 Å². The van der Waals surface area contributed by atoms with Gasteiger partial charge in [-0.25, -0.2) is 4.79 Å².